The number of sulfonamides is 1. The highest BCUT2D eigenvalue weighted by atomic mass is 32.2. The number of aromatic nitrogens is 2. The van der Waals surface area contributed by atoms with E-state index in [1.165, 1.54) is 17.1 Å². The van der Waals surface area contributed by atoms with Crippen molar-refractivity contribution in [3.8, 4) is 0 Å². The molecule has 1 aliphatic heterocycles. The highest BCUT2D eigenvalue weighted by molar-refractivity contribution is 7.92. The Labute approximate surface area is 216 Å². The fraction of sp³-hybridized carbons (Fsp3) is 0.348. The van der Waals surface area contributed by atoms with E-state index >= 15 is 0 Å². The van der Waals surface area contributed by atoms with Crippen molar-refractivity contribution in [1.29, 1.82) is 0 Å². The predicted molar refractivity (Wildman–Crippen MR) is 134 cm³/mol. The maximum absolute atomic E-state index is 12.6. The molecule has 1 saturated heterocycles. The molecular weight excluding hydrogens is 531 g/mol. The van der Waals surface area contributed by atoms with Crippen LogP contribution in [-0.4, -0.2) is 66.1 Å². The molecule has 9 nitrogen and oxygen atoms in total. The maximum Gasteiger partial charge on any atom is 0.490 e. The molecule has 0 aliphatic carbocycles. The highest BCUT2D eigenvalue weighted by Crippen LogP contribution is 2.27. The molecule has 3 heterocycles. The minimum atomic E-state index is -5.08. The number of pyridine rings is 1. The van der Waals surface area contributed by atoms with Gasteiger partial charge in [0.1, 0.15) is 0 Å². The largest absolute Gasteiger partial charge is 0.490 e. The number of carboxylic acid groups (broad SMARTS) is 1. The first kappa shape index (κ1) is 28.3. The first-order valence-corrected chi connectivity index (χ1v) is 13.4. The summed E-state index contributed by atoms with van der Waals surface area (Å²) >= 11 is 1.19. The standard InChI is InChI=1S/C21H25N5O2S2.C2HF3O2/c1-16-12-21(30(27,28)24-20-9-11-29-23-20)22-13-19(16)25(2)18-8-10-26(15-18)14-17-6-4-3-5-7-17;3-2(4,5)1(6)7/h3-7,9,11-13,18H,8,10,14-15H2,1-2H3,(H,23,24);(H,6,7)/t18-;/m0./s1. The number of likely N-dealkylation sites (tertiary alicyclic amines) is 1. The number of carboxylic acids is 1. The maximum atomic E-state index is 12.6. The van der Waals surface area contributed by atoms with E-state index in [2.05, 4.69) is 55.2 Å². The Kier molecular flexibility index (Phi) is 9.10. The van der Waals surface area contributed by atoms with Crippen LogP contribution in [0.4, 0.5) is 24.7 Å². The molecule has 37 heavy (non-hydrogen) atoms. The van der Waals surface area contributed by atoms with E-state index in [0.29, 0.717) is 11.9 Å². The normalized spacial score (nSPS) is 16.1. The van der Waals surface area contributed by atoms with Crippen LogP contribution in [0.3, 0.4) is 0 Å². The number of hydrogen-bond donors (Lipinski definition) is 2. The molecule has 4 rings (SSSR count). The number of anilines is 2. The topological polar surface area (TPSA) is 116 Å². The number of carbonyl (C=O) groups is 1. The van der Waals surface area contributed by atoms with Gasteiger partial charge in [-0.25, -0.2) is 9.78 Å². The first-order chi connectivity index (χ1) is 17.4. The minimum absolute atomic E-state index is 0.00211. The van der Waals surface area contributed by atoms with Gasteiger partial charge in [0.05, 0.1) is 11.9 Å². The van der Waals surface area contributed by atoms with E-state index in [-0.39, 0.29) is 5.03 Å². The molecule has 0 spiro atoms. The van der Waals surface area contributed by atoms with Crippen molar-refractivity contribution >= 4 is 39.0 Å². The number of nitrogens with zero attached hydrogens (tertiary/aromatic N) is 4. The summed E-state index contributed by atoms with van der Waals surface area (Å²) in [4.78, 5) is 17.8. The third-order valence-electron chi connectivity index (χ3n) is 5.68. The lowest BCUT2D eigenvalue weighted by molar-refractivity contribution is -0.192. The zero-order valence-electron chi connectivity index (χ0n) is 20.0. The fourth-order valence-electron chi connectivity index (χ4n) is 3.80. The molecular formula is C23H26F3N5O4S2. The molecule has 0 radical (unpaired) electrons. The number of nitrogens with one attached hydrogen (secondary N) is 1. The van der Waals surface area contributed by atoms with Crippen LogP contribution < -0.4 is 9.62 Å². The minimum Gasteiger partial charge on any atom is -0.475 e. The van der Waals surface area contributed by atoms with E-state index in [9.17, 15) is 21.6 Å². The second kappa shape index (κ2) is 11.9. The Morgan fingerprint density at radius 1 is 1.27 bits per heavy atom. The Hall–Kier alpha value is -3.23. The number of aryl methyl sites for hydroxylation is 1. The summed E-state index contributed by atoms with van der Waals surface area (Å²) in [7, 11) is -1.70. The van der Waals surface area contributed by atoms with Crippen LogP contribution in [0.2, 0.25) is 0 Å². The van der Waals surface area contributed by atoms with Crippen molar-refractivity contribution in [2.24, 2.45) is 0 Å². The molecule has 0 unspecified atom stereocenters. The lowest BCUT2D eigenvalue weighted by Gasteiger charge is -2.28. The lowest BCUT2D eigenvalue weighted by atomic mass is 10.1. The molecule has 1 atom stereocenters. The molecule has 200 valence electrons. The van der Waals surface area contributed by atoms with Gasteiger partial charge in [-0.2, -0.15) is 26.0 Å². The average molecular weight is 558 g/mol. The van der Waals surface area contributed by atoms with Gasteiger partial charge in [-0.1, -0.05) is 30.3 Å². The molecule has 0 bridgehead atoms. The number of rotatable bonds is 7. The molecule has 1 aliphatic rings. The van der Waals surface area contributed by atoms with Crippen LogP contribution >= 0.6 is 11.5 Å². The molecule has 1 fully saturated rings. The Morgan fingerprint density at radius 3 is 2.51 bits per heavy atom. The second-order valence-electron chi connectivity index (χ2n) is 8.38. The molecule has 2 N–H and O–H groups in total. The lowest BCUT2D eigenvalue weighted by Crippen LogP contribution is -2.35. The highest BCUT2D eigenvalue weighted by Gasteiger charge is 2.38. The van der Waals surface area contributed by atoms with Crippen molar-refractivity contribution in [3.05, 3.63) is 65.2 Å². The summed E-state index contributed by atoms with van der Waals surface area (Å²) in [6, 6.07) is 14.1. The smallest absolute Gasteiger partial charge is 0.475 e. The van der Waals surface area contributed by atoms with Gasteiger partial charge in [0.2, 0.25) is 0 Å². The third kappa shape index (κ3) is 7.87. The van der Waals surface area contributed by atoms with E-state index in [4.69, 9.17) is 9.90 Å². The fourth-order valence-corrected chi connectivity index (χ4v) is 5.35. The van der Waals surface area contributed by atoms with Crippen LogP contribution in [-0.2, 0) is 21.4 Å². The molecule has 2 aromatic heterocycles. The quantitative estimate of drug-likeness (QED) is 0.448. The molecule has 14 heteroatoms. The number of benzene rings is 1. The van der Waals surface area contributed by atoms with Crippen molar-refractivity contribution in [1.82, 2.24) is 14.3 Å². The summed E-state index contributed by atoms with van der Waals surface area (Å²) in [6.45, 7) is 4.88. The van der Waals surface area contributed by atoms with Gasteiger partial charge in [0.15, 0.2) is 10.8 Å². The van der Waals surface area contributed by atoms with Gasteiger partial charge in [0.25, 0.3) is 10.0 Å². The van der Waals surface area contributed by atoms with Crippen molar-refractivity contribution in [3.63, 3.8) is 0 Å². The SMILES string of the molecule is Cc1cc(S(=O)(=O)Nc2ccsn2)ncc1N(C)[C@H]1CCN(Cc2ccccc2)C1.O=C(O)C(F)(F)F. The van der Waals surface area contributed by atoms with Crippen LogP contribution in [0.5, 0.6) is 0 Å². The number of halogens is 3. The van der Waals surface area contributed by atoms with Crippen molar-refractivity contribution < 1.29 is 31.5 Å². The summed E-state index contributed by atoms with van der Waals surface area (Å²) in [5.74, 6) is -2.45. The average Bonchev–Trinajstić information content (AvgIpc) is 3.51. The molecule has 0 amide bonds. The van der Waals surface area contributed by atoms with Gasteiger partial charge < -0.3 is 10.0 Å². The monoisotopic (exact) mass is 557 g/mol. The number of alkyl halides is 3. The second-order valence-corrected chi connectivity index (χ2v) is 10.7. The first-order valence-electron chi connectivity index (χ1n) is 11.1. The van der Waals surface area contributed by atoms with Gasteiger partial charge in [-0.05, 0) is 48.1 Å². The zero-order chi connectivity index (χ0) is 27.2. The van der Waals surface area contributed by atoms with Crippen molar-refractivity contribution in [2.45, 2.75) is 37.1 Å². The summed E-state index contributed by atoms with van der Waals surface area (Å²) in [5, 5.41) is 8.85. The molecule has 0 saturated carbocycles. The van der Waals surface area contributed by atoms with Gasteiger partial charge in [0, 0.05) is 38.1 Å². The van der Waals surface area contributed by atoms with Crippen molar-refractivity contribution in [2.75, 3.05) is 29.8 Å². The molecule has 3 aromatic rings. The van der Waals surface area contributed by atoms with E-state index in [1.54, 1.807) is 23.7 Å². The number of aliphatic carboxylic acids is 1. The van der Waals surface area contributed by atoms with Gasteiger partial charge in [-0.15, -0.1) is 0 Å². The Balaban J connectivity index is 0.000000479. The van der Waals surface area contributed by atoms with E-state index < -0.39 is 22.2 Å². The van der Waals surface area contributed by atoms with Crippen LogP contribution in [0.15, 0.2) is 59.1 Å². The van der Waals surface area contributed by atoms with Crippen LogP contribution in [0.1, 0.15) is 17.5 Å². The van der Waals surface area contributed by atoms with E-state index in [1.807, 2.05) is 13.0 Å². The number of likely N-dealkylation sites (N-methyl/N-ethyl adjacent to an activating group) is 1. The third-order valence-corrected chi connectivity index (χ3v) is 7.49. The summed E-state index contributed by atoms with van der Waals surface area (Å²) in [5.41, 5.74) is 3.16. The zero-order valence-corrected chi connectivity index (χ0v) is 21.6. The predicted octanol–water partition coefficient (Wildman–Crippen LogP) is 3.99. The van der Waals surface area contributed by atoms with Gasteiger partial charge in [-0.3, -0.25) is 9.62 Å². The van der Waals surface area contributed by atoms with E-state index in [0.717, 1.165) is 37.3 Å². The Morgan fingerprint density at radius 2 is 1.95 bits per heavy atom. The van der Waals surface area contributed by atoms with Gasteiger partial charge >= 0.3 is 12.1 Å². The summed E-state index contributed by atoms with van der Waals surface area (Å²) < 4.78 is 63.3. The van der Waals surface area contributed by atoms with Crippen LogP contribution in [0.25, 0.3) is 0 Å². The number of hydrogen-bond acceptors (Lipinski definition) is 8. The summed E-state index contributed by atoms with van der Waals surface area (Å²) in [6.07, 6.45) is -2.36. The Bertz CT molecular complexity index is 1290. The molecule has 1 aromatic carbocycles. The van der Waals surface area contributed by atoms with Crippen LogP contribution in [0, 0.1) is 6.92 Å².